The molecule has 0 atom stereocenters. The number of nitrogens with two attached hydrogens (primary N) is 1. The first kappa shape index (κ1) is 17.7. The quantitative estimate of drug-likeness (QED) is 0.317. The Morgan fingerprint density at radius 1 is 0.611 bits per heavy atom. The molecule has 0 aliphatic carbocycles. The molecule has 0 aliphatic rings. The van der Waals surface area contributed by atoms with E-state index in [9.17, 15) is 0 Å². The van der Waals surface area contributed by atoms with Gasteiger partial charge in [0.2, 0.25) is 0 Å². The number of allylic oxidation sites excluding steroid dienone is 1. The summed E-state index contributed by atoms with van der Waals surface area (Å²) in [7, 11) is 0. The van der Waals surface area contributed by atoms with Crippen molar-refractivity contribution >= 4 is 0 Å². The molecule has 0 aliphatic heterocycles. The standard InChI is InChI=1S/C17H35N/c1-2-3-4-5-6-7-8-9-10-11-12-13-14-15-16-17-18/h14-15H,2-13,16-18H2,1H3/b15-14+. The van der Waals surface area contributed by atoms with E-state index in [0.29, 0.717) is 0 Å². The summed E-state index contributed by atoms with van der Waals surface area (Å²) < 4.78 is 0. The van der Waals surface area contributed by atoms with Gasteiger partial charge in [0.1, 0.15) is 0 Å². The average molecular weight is 253 g/mol. The first-order valence-corrected chi connectivity index (χ1v) is 8.27. The van der Waals surface area contributed by atoms with Gasteiger partial charge >= 0.3 is 0 Å². The molecule has 1 heteroatoms. The lowest BCUT2D eigenvalue weighted by Crippen LogP contribution is -1.94. The van der Waals surface area contributed by atoms with Crippen LogP contribution in [0.25, 0.3) is 0 Å². The minimum Gasteiger partial charge on any atom is -0.330 e. The fourth-order valence-corrected chi connectivity index (χ4v) is 2.26. The maximum atomic E-state index is 5.42. The van der Waals surface area contributed by atoms with Crippen LogP contribution in [0.5, 0.6) is 0 Å². The Labute approximate surface area is 115 Å². The van der Waals surface area contributed by atoms with Gasteiger partial charge in [-0.2, -0.15) is 0 Å². The smallest absolute Gasteiger partial charge is 0.00426 e. The number of unbranched alkanes of at least 4 members (excludes halogenated alkanes) is 11. The van der Waals surface area contributed by atoms with Crippen LogP contribution in [0.1, 0.15) is 90.4 Å². The number of hydrogen-bond acceptors (Lipinski definition) is 1. The van der Waals surface area contributed by atoms with E-state index in [0.717, 1.165) is 13.0 Å². The summed E-state index contributed by atoms with van der Waals surface area (Å²) in [6.45, 7) is 3.07. The molecular formula is C17H35N. The molecule has 0 unspecified atom stereocenters. The molecule has 0 spiro atoms. The Bertz CT molecular complexity index is 163. The van der Waals surface area contributed by atoms with Crippen molar-refractivity contribution < 1.29 is 0 Å². The third-order valence-electron chi connectivity index (χ3n) is 3.47. The predicted octanol–water partition coefficient (Wildman–Crippen LogP) is 5.59. The second-order valence-electron chi connectivity index (χ2n) is 5.37. The van der Waals surface area contributed by atoms with Crippen molar-refractivity contribution in [2.24, 2.45) is 5.73 Å². The fraction of sp³-hybridized carbons (Fsp3) is 0.882. The van der Waals surface area contributed by atoms with Gasteiger partial charge in [-0.1, -0.05) is 83.3 Å². The lowest BCUT2D eigenvalue weighted by Gasteiger charge is -2.01. The molecule has 0 aromatic rings. The van der Waals surface area contributed by atoms with Crippen LogP contribution < -0.4 is 5.73 Å². The van der Waals surface area contributed by atoms with Crippen molar-refractivity contribution in [1.82, 2.24) is 0 Å². The summed E-state index contributed by atoms with van der Waals surface area (Å²) in [4.78, 5) is 0. The minimum atomic E-state index is 0.786. The number of hydrogen-bond donors (Lipinski definition) is 1. The van der Waals surface area contributed by atoms with Crippen LogP contribution in [-0.4, -0.2) is 6.54 Å². The van der Waals surface area contributed by atoms with Gasteiger partial charge in [0.25, 0.3) is 0 Å². The Morgan fingerprint density at radius 3 is 1.56 bits per heavy atom. The Hall–Kier alpha value is -0.300. The largest absolute Gasteiger partial charge is 0.330 e. The van der Waals surface area contributed by atoms with Crippen molar-refractivity contribution in [2.45, 2.75) is 90.4 Å². The monoisotopic (exact) mass is 253 g/mol. The van der Waals surface area contributed by atoms with Gasteiger partial charge < -0.3 is 5.73 Å². The Kier molecular flexibility index (Phi) is 16.4. The van der Waals surface area contributed by atoms with E-state index < -0.39 is 0 Å². The van der Waals surface area contributed by atoms with Crippen LogP contribution in [0.2, 0.25) is 0 Å². The highest BCUT2D eigenvalue weighted by molar-refractivity contribution is 4.81. The lowest BCUT2D eigenvalue weighted by molar-refractivity contribution is 0.550. The maximum absolute atomic E-state index is 5.42. The summed E-state index contributed by atoms with van der Waals surface area (Å²) in [5.41, 5.74) is 5.42. The molecule has 1 nitrogen and oxygen atoms in total. The predicted molar refractivity (Wildman–Crippen MR) is 83.9 cm³/mol. The van der Waals surface area contributed by atoms with Gasteiger partial charge in [0, 0.05) is 0 Å². The van der Waals surface area contributed by atoms with Crippen LogP contribution in [0.3, 0.4) is 0 Å². The average Bonchev–Trinajstić information content (AvgIpc) is 2.39. The highest BCUT2D eigenvalue weighted by atomic mass is 14.5. The molecular weight excluding hydrogens is 218 g/mol. The van der Waals surface area contributed by atoms with Crippen LogP contribution >= 0.6 is 0 Å². The van der Waals surface area contributed by atoms with E-state index in [-0.39, 0.29) is 0 Å². The van der Waals surface area contributed by atoms with Gasteiger partial charge in [0.15, 0.2) is 0 Å². The summed E-state index contributed by atoms with van der Waals surface area (Å²) >= 11 is 0. The molecule has 18 heavy (non-hydrogen) atoms. The van der Waals surface area contributed by atoms with Crippen molar-refractivity contribution in [3.63, 3.8) is 0 Å². The Morgan fingerprint density at radius 2 is 1.06 bits per heavy atom. The molecule has 0 aromatic carbocycles. The second-order valence-corrected chi connectivity index (χ2v) is 5.37. The molecule has 0 bridgehead atoms. The fourth-order valence-electron chi connectivity index (χ4n) is 2.26. The van der Waals surface area contributed by atoms with Gasteiger partial charge in [0.05, 0.1) is 0 Å². The summed E-state index contributed by atoms with van der Waals surface area (Å²) in [6, 6.07) is 0. The molecule has 0 saturated carbocycles. The molecule has 0 aromatic heterocycles. The molecule has 0 amide bonds. The maximum Gasteiger partial charge on any atom is -0.00426 e. The van der Waals surface area contributed by atoms with Gasteiger partial charge in [-0.05, 0) is 25.8 Å². The normalized spacial score (nSPS) is 11.4. The zero-order chi connectivity index (χ0) is 13.3. The topological polar surface area (TPSA) is 26.0 Å². The van der Waals surface area contributed by atoms with E-state index in [4.69, 9.17) is 5.73 Å². The first-order chi connectivity index (χ1) is 8.91. The zero-order valence-corrected chi connectivity index (χ0v) is 12.6. The van der Waals surface area contributed by atoms with E-state index >= 15 is 0 Å². The van der Waals surface area contributed by atoms with Crippen molar-refractivity contribution in [1.29, 1.82) is 0 Å². The van der Waals surface area contributed by atoms with Crippen LogP contribution in [-0.2, 0) is 0 Å². The van der Waals surface area contributed by atoms with Gasteiger partial charge in [-0.15, -0.1) is 0 Å². The van der Waals surface area contributed by atoms with E-state index in [1.54, 1.807) is 0 Å². The van der Waals surface area contributed by atoms with Crippen LogP contribution in [0, 0.1) is 0 Å². The third-order valence-corrected chi connectivity index (χ3v) is 3.47. The molecule has 0 radical (unpaired) electrons. The highest BCUT2D eigenvalue weighted by Gasteiger charge is 1.92. The first-order valence-electron chi connectivity index (χ1n) is 8.27. The van der Waals surface area contributed by atoms with Gasteiger partial charge in [-0.25, -0.2) is 0 Å². The van der Waals surface area contributed by atoms with Gasteiger partial charge in [-0.3, -0.25) is 0 Å². The van der Waals surface area contributed by atoms with E-state index in [1.807, 2.05) is 0 Å². The van der Waals surface area contributed by atoms with Crippen LogP contribution in [0.15, 0.2) is 12.2 Å². The highest BCUT2D eigenvalue weighted by Crippen LogP contribution is 2.11. The summed E-state index contributed by atoms with van der Waals surface area (Å²) in [6.07, 6.45) is 22.5. The minimum absolute atomic E-state index is 0.786. The van der Waals surface area contributed by atoms with E-state index in [2.05, 4.69) is 19.1 Å². The second kappa shape index (κ2) is 16.7. The molecule has 0 saturated heterocycles. The van der Waals surface area contributed by atoms with E-state index in [1.165, 1.54) is 77.0 Å². The third kappa shape index (κ3) is 15.7. The molecule has 0 fully saturated rings. The molecule has 2 N–H and O–H groups in total. The van der Waals surface area contributed by atoms with Crippen molar-refractivity contribution in [3.05, 3.63) is 12.2 Å². The summed E-state index contributed by atoms with van der Waals surface area (Å²) in [5.74, 6) is 0. The lowest BCUT2D eigenvalue weighted by atomic mass is 10.1. The van der Waals surface area contributed by atoms with Crippen molar-refractivity contribution in [3.8, 4) is 0 Å². The van der Waals surface area contributed by atoms with Crippen molar-refractivity contribution in [2.75, 3.05) is 6.54 Å². The molecule has 0 rings (SSSR count). The van der Waals surface area contributed by atoms with Crippen LogP contribution in [0.4, 0.5) is 0 Å². The Balaban J connectivity index is 2.94. The zero-order valence-electron chi connectivity index (χ0n) is 12.6. The summed E-state index contributed by atoms with van der Waals surface area (Å²) in [5, 5.41) is 0. The number of rotatable bonds is 14. The molecule has 108 valence electrons. The molecule has 0 heterocycles. The SMILES string of the molecule is CCCCCCCCCCCCC/C=C/CCN.